The number of carboxylic acid groups (broad SMARTS) is 1. The number of hydrogen-bond acceptors (Lipinski definition) is 6. The summed E-state index contributed by atoms with van der Waals surface area (Å²) in [5.41, 5.74) is 1.57. The van der Waals surface area contributed by atoms with Gasteiger partial charge in [0.1, 0.15) is 18.4 Å². The first-order chi connectivity index (χ1) is 20.8. The average molecular weight is 602 g/mol. The van der Waals surface area contributed by atoms with E-state index in [0.717, 1.165) is 22.2 Å². The molecule has 0 bridgehead atoms. The van der Waals surface area contributed by atoms with Crippen LogP contribution in [0.1, 0.15) is 62.2 Å². The molecule has 3 aromatic rings. The Hall–Kier alpha value is -4.67. The molecule has 232 valence electrons. The summed E-state index contributed by atoms with van der Waals surface area (Å²) in [5.74, 6) is -0.675. The summed E-state index contributed by atoms with van der Waals surface area (Å²) in [6.45, 7) is 10.2. The highest BCUT2D eigenvalue weighted by atomic mass is 16.5. The summed E-state index contributed by atoms with van der Waals surface area (Å²) in [5, 5.41) is 18.9. The van der Waals surface area contributed by atoms with Gasteiger partial charge in [-0.2, -0.15) is 0 Å². The number of likely N-dealkylation sites (tertiary alicyclic amines) is 1. The first-order valence-corrected chi connectivity index (χ1v) is 14.8. The van der Waals surface area contributed by atoms with Crippen LogP contribution in [0.5, 0.6) is 5.75 Å². The number of hydrogen-bond donors (Lipinski definition) is 4. The lowest BCUT2D eigenvalue weighted by atomic mass is 9.68. The van der Waals surface area contributed by atoms with Crippen molar-refractivity contribution in [1.82, 2.24) is 25.8 Å². The predicted molar refractivity (Wildman–Crippen MR) is 164 cm³/mol. The number of aromatic nitrogens is 1. The monoisotopic (exact) mass is 601 g/mol. The Balaban J connectivity index is 1.35. The Labute approximate surface area is 256 Å². The number of nitrogens with zero attached hydrogens (tertiary/aromatic N) is 2. The molecule has 4 N–H and O–H groups in total. The smallest absolute Gasteiger partial charge is 0.407 e. The van der Waals surface area contributed by atoms with Crippen molar-refractivity contribution in [3.8, 4) is 5.75 Å². The van der Waals surface area contributed by atoms with E-state index in [2.05, 4.69) is 20.9 Å². The fourth-order valence-corrected chi connectivity index (χ4v) is 6.50. The maximum atomic E-state index is 13.7. The van der Waals surface area contributed by atoms with Crippen LogP contribution in [0.15, 0.2) is 54.6 Å². The molecule has 2 aliphatic heterocycles. The number of carbonyl (C=O) groups is 4. The SMILES string of the molecule is Cc1cc(COc2ccc(C(=O)NC(C)(C3NC(=O)NC3=O)[C@H]3CCN(C(=O)O)[C@H](C(C)(C)C)C3)cc2)c2ccccc2n1. The van der Waals surface area contributed by atoms with Crippen LogP contribution >= 0.6 is 0 Å². The van der Waals surface area contributed by atoms with Gasteiger partial charge in [-0.15, -0.1) is 0 Å². The van der Waals surface area contributed by atoms with Gasteiger partial charge in [0.15, 0.2) is 0 Å². The van der Waals surface area contributed by atoms with Crippen LogP contribution in [-0.4, -0.2) is 63.1 Å². The minimum Gasteiger partial charge on any atom is -0.489 e. The lowest BCUT2D eigenvalue weighted by Gasteiger charge is -2.50. The number of carbonyl (C=O) groups excluding carboxylic acids is 3. The molecule has 1 aromatic heterocycles. The van der Waals surface area contributed by atoms with Crippen molar-refractivity contribution in [2.75, 3.05) is 6.54 Å². The highest BCUT2D eigenvalue weighted by molar-refractivity contribution is 6.05. The molecule has 5 amide bonds. The molecule has 3 heterocycles. The van der Waals surface area contributed by atoms with Crippen LogP contribution in [0.2, 0.25) is 0 Å². The number of para-hydroxylation sites is 1. The molecule has 11 nitrogen and oxygen atoms in total. The molecule has 0 radical (unpaired) electrons. The number of imide groups is 1. The number of ether oxygens (including phenoxy) is 1. The summed E-state index contributed by atoms with van der Waals surface area (Å²) < 4.78 is 6.05. The van der Waals surface area contributed by atoms with Crippen molar-refractivity contribution in [3.63, 3.8) is 0 Å². The lowest BCUT2D eigenvalue weighted by Crippen LogP contribution is -2.67. The molecule has 44 heavy (non-hydrogen) atoms. The van der Waals surface area contributed by atoms with Crippen molar-refractivity contribution >= 4 is 34.8 Å². The highest BCUT2D eigenvalue weighted by Crippen LogP contribution is 2.40. The molecule has 0 spiro atoms. The van der Waals surface area contributed by atoms with E-state index < -0.39 is 35.5 Å². The maximum Gasteiger partial charge on any atom is 0.407 e. The normalized spacial score (nSPS) is 21.8. The third kappa shape index (κ3) is 6.17. The Kier molecular flexibility index (Phi) is 8.24. The lowest BCUT2D eigenvalue weighted by molar-refractivity contribution is -0.122. The van der Waals surface area contributed by atoms with Gasteiger partial charge in [-0.1, -0.05) is 39.0 Å². The number of amides is 5. The summed E-state index contributed by atoms with van der Waals surface area (Å²) in [4.78, 5) is 56.8. The number of aryl methyl sites for hydroxylation is 1. The Morgan fingerprint density at radius 1 is 1.09 bits per heavy atom. The van der Waals surface area contributed by atoms with Crippen molar-refractivity contribution < 1.29 is 29.0 Å². The average Bonchev–Trinajstić information content (AvgIpc) is 3.33. The predicted octanol–water partition coefficient (Wildman–Crippen LogP) is 4.62. The van der Waals surface area contributed by atoms with Crippen molar-refractivity contribution in [1.29, 1.82) is 0 Å². The van der Waals surface area contributed by atoms with Crippen LogP contribution in [0.25, 0.3) is 10.9 Å². The summed E-state index contributed by atoms with van der Waals surface area (Å²) in [7, 11) is 0. The third-order valence-corrected chi connectivity index (χ3v) is 8.89. The summed E-state index contributed by atoms with van der Waals surface area (Å²) >= 11 is 0. The molecule has 2 aromatic carbocycles. The van der Waals surface area contributed by atoms with Crippen LogP contribution in [0.3, 0.4) is 0 Å². The number of fused-ring (bicyclic) bond motifs is 1. The second-order valence-corrected chi connectivity index (χ2v) is 13.0. The van der Waals surface area contributed by atoms with Crippen molar-refractivity contribution in [3.05, 3.63) is 71.4 Å². The van der Waals surface area contributed by atoms with E-state index in [9.17, 15) is 24.3 Å². The zero-order valence-electron chi connectivity index (χ0n) is 25.6. The molecule has 4 atom stereocenters. The maximum absolute atomic E-state index is 13.7. The van der Waals surface area contributed by atoms with Gasteiger partial charge in [0.05, 0.1) is 11.1 Å². The first kappa shape index (κ1) is 30.8. The molecule has 2 fully saturated rings. The Morgan fingerprint density at radius 3 is 2.43 bits per heavy atom. The number of pyridine rings is 1. The molecular weight excluding hydrogens is 562 g/mol. The van der Waals surface area contributed by atoms with Crippen molar-refractivity contribution in [2.45, 2.75) is 71.7 Å². The van der Waals surface area contributed by atoms with Gasteiger partial charge in [0.2, 0.25) is 0 Å². The van der Waals surface area contributed by atoms with E-state index in [4.69, 9.17) is 4.74 Å². The number of urea groups is 1. The summed E-state index contributed by atoms with van der Waals surface area (Å²) in [6.07, 6.45) is -0.191. The van der Waals surface area contributed by atoms with E-state index >= 15 is 0 Å². The van der Waals surface area contributed by atoms with Gasteiger partial charge in [-0.25, -0.2) is 9.59 Å². The Bertz CT molecular complexity index is 1600. The van der Waals surface area contributed by atoms with E-state index in [1.165, 1.54) is 4.90 Å². The first-order valence-electron chi connectivity index (χ1n) is 14.8. The van der Waals surface area contributed by atoms with Gasteiger partial charge < -0.3 is 25.4 Å². The largest absolute Gasteiger partial charge is 0.489 e. The number of piperidine rings is 1. The second kappa shape index (κ2) is 11.8. The van der Waals surface area contributed by atoms with Crippen molar-refractivity contribution in [2.24, 2.45) is 11.3 Å². The van der Waals surface area contributed by atoms with Gasteiger partial charge in [0.25, 0.3) is 11.8 Å². The third-order valence-electron chi connectivity index (χ3n) is 8.89. The molecule has 2 saturated heterocycles. The fraction of sp³-hybridized carbons (Fsp3) is 0.424. The molecular formula is C33H39N5O6. The van der Waals surface area contributed by atoms with Gasteiger partial charge in [-0.3, -0.25) is 19.9 Å². The minimum atomic E-state index is -1.20. The van der Waals surface area contributed by atoms with E-state index in [1.54, 1.807) is 31.2 Å². The van der Waals surface area contributed by atoms with Gasteiger partial charge in [-0.05, 0) is 74.4 Å². The molecule has 2 unspecified atom stereocenters. The molecule has 2 aliphatic rings. The highest BCUT2D eigenvalue weighted by Gasteiger charge is 2.53. The van der Waals surface area contributed by atoms with Crippen LogP contribution in [0.4, 0.5) is 9.59 Å². The molecule has 11 heteroatoms. The van der Waals surface area contributed by atoms with Crippen LogP contribution in [0, 0.1) is 18.3 Å². The van der Waals surface area contributed by atoms with E-state index in [1.807, 2.05) is 58.0 Å². The van der Waals surface area contributed by atoms with Gasteiger partial charge >= 0.3 is 12.1 Å². The molecule has 0 aliphatic carbocycles. The summed E-state index contributed by atoms with van der Waals surface area (Å²) in [6, 6.07) is 14.6. The Morgan fingerprint density at radius 2 is 1.80 bits per heavy atom. The second-order valence-electron chi connectivity index (χ2n) is 13.0. The number of rotatable bonds is 7. The van der Waals surface area contributed by atoms with E-state index in [0.29, 0.717) is 30.8 Å². The zero-order chi connectivity index (χ0) is 31.8. The zero-order valence-corrected chi connectivity index (χ0v) is 25.6. The molecule has 0 saturated carbocycles. The molecule has 5 rings (SSSR count). The van der Waals surface area contributed by atoms with Crippen LogP contribution < -0.4 is 20.7 Å². The fourth-order valence-electron chi connectivity index (χ4n) is 6.50. The topological polar surface area (TPSA) is 150 Å². The number of benzene rings is 2. The quantitative estimate of drug-likeness (QED) is 0.289. The van der Waals surface area contributed by atoms with E-state index in [-0.39, 0.29) is 23.9 Å². The standard InChI is InChI=1S/C33H39N5O6/c1-19-16-21(24-8-6-7-9-25(24)34-19)18-44-23-12-10-20(11-13-23)28(39)37-33(5,27-29(40)36-30(41)35-27)22-14-15-38(31(42)43)26(17-22)32(2,3)4/h6-13,16,22,26-27H,14-15,17-18H2,1-5H3,(H,37,39)(H,42,43)(H2,35,36,40,41)/t22-,26-,27?,33?/m0/s1. The minimum absolute atomic E-state index is 0.244. The van der Waals surface area contributed by atoms with Crippen LogP contribution in [-0.2, 0) is 11.4 Å². The number of nitrogens with one attached hydrogen (secondary N) is 3. The van der Waals surface area contributed by atoms with Gasteiger partial charge in [0, 0.05) is 34.8 Å².